The maximum atomic E-state index is 13.3. The van der Waals surface area contributed by atoms with Crippen molar-refractivity contribution in [1.82, 2.24) is 4.90 Å². The van der Waals surface area contributed by atoms with E-state index < -0.39 is 9.84 Å². The third kappa shape index (κ3) is 5.07. The largest absolute Gasteiger partial charge is 0.486 e. The summed E-state index contributed by atoms with van der Waals surface area (Å²) in [6.07, 6.45) is 3.20. The molecular weight excluding hydrogens is 474 g/mol. The zero-order chi connectivity index (χ0) is 25.3. The first kappa shape index (κ1) is 24.3. The highest BCUT2D eigenvalue weighted by atomic mass is 32.2. The summed E-state index contributed by atoms with van der Waals surface area (Å²) >= 11 is 0. The first-order chi connectivity index (χ1) is 17.3. The van der Waals surface area contributed by atoms with Crippen molar-refractivity contribution < 1.29 is 22.7 Å². The standard InChI is InChI=1S/C29H29NO5S/c1-36(33,34)26-10-7-21(8-11-26)28(20-5-3-2-4-6-20)22-13-15-30(16-14-22)29(32)23-9-12-27-24(17-23)18-25(31)19-35-27/h2-12,17,22,28H,13-16,18-19H2,1H3/t28-/m0/s1. The highest BCUT2D eigenvalue weighted by molar-refractivity contribution is 7.90. The lowest BCUT2D eigenvalue weighted by molar-refractivity contribution is -0.121. The predicted molar refractivity (Wildman–Crippen MR) is 137 cm³/mol. The van der Waals surface area contributed by atoms with Crippen molar-refractivity contribution in [3.63, 3.8) is 0 Å². The van der Waals surface area contributed by atoms with Crippen molar-refractivity contribution in [1.29, 1.82) is 0 Å². The summed E-state index contributed by atoms with van der Waals surface area (Å²) in [7, 11) is -3.26. The summed E-state index contributed by atoms with van der Waals surface area (Å²) in [6.45, 7) is 1.37. The van der Waals surface area contributed by atoms with Gasteiger partial charge in [-0.2, -0.15) is 0 Å². The van der Waals surface area contributed by atoms with Crippen LogP contribution >= 0.6 is 0 Å². The number of hydrogen-bond donors (Lipinski definition) is 0. The van der Waals surface area contributed by atoms with Crippen LogP contribution in [0.5, 0.6) is 5.75 Å². The number of carbonyl (C=O) groups is 2. The molecule has 0 spiro atoms. The molecule has 0 aliphatic carbocycles. The molecule has 36 heavy (non-hydrogen) atoms. The number of ketones is 1. The Morgan fingerprint density at radius 3 is 2.28 bits per heavy atom. The molecule has 2 aliphatic rings. The van der Waals surface area contributed by atoms with E-state index in [0.717, 1.165) is 24.0 Å². The smallest absolute Gasteiger partial charge is 0.253 e. The number of sulfone groups is 1. The lowest BCUT2D eigenvalue weighted by atomic mass is 9.76. The van der Waals surface area contributed by atoms with E-state index in [1.54, 1.807) is 30.3 Å². The monoisotopic (exact) mass is 503 g/mol. The third-order valence-corrected chi connectivity index (χ3v) is 8.34. The highest BCUT2D eigenvalue weighted by Gasteiger charge is 2.31. The molecular formula is C29H29NO5S. The molecule has 0 aromatic heterocycles. The quantitative estimate of drug-likeness (QED) is 0.519. The Kier molecular flexibility index (Phi) is 6.67. The summed E-state index contributed by atoms with van der Waals surface area (Å²) in [5.41, 5.74) is 3.63. The van der Waals surface area contributed by atoms with Gasteiger partial charge in [0.15, 0.2) is 15.6 Å². The van der Waals surface area contributed by atoms with Gasteiger partial charge in [-0.3, -0.25) is 9.59 Å². The summed E-state index contributed by atoms with van der Waals surface area (Å²) < 4.78 is 29.3. The molecule has 186 valence electrons. The van der Waals surface area contributed by atoms with E-state index in [9.17, 15) is 18.0 Å². The number of amides is 1. The maximum Gasteiger partial charge on any atom is 0.253 e. The predicted octanol–water partition coefficient (Wildman–Crippen LogP) is 4.28. The van der Waals surface area contributed by atoms with Crippen LogP contribution in [0.3, 0.4) is 0 Å². The fourth-order valence-electron chi connectivity index (χ4n) is 5.35. The van der Waals surface area contributed by atoms with Crippen LogP contribution < -0.4 is 4.74 Å². The van der Waals surface area contributed by atoms with Crippen LogP contribution in [0.1, 0.15) is 45.8 Å². The van der Waals surface area contributed by atoms with Crippen molar-refractivity contribution in [3.8, 4) is 5.75 Å². The molecule has 3 aromatic carbocycles. The molecule has 6 nitrogen and oxygen atoms in total. The maximum absolute atomic E-state index is 13.3. The molecule has 0 saturated carbocycles. The summed E-state index contributed by atoms with van der Waals surface area (Å²) in [5.74, 6) is 1.10. The lowest BCUT2D eigenvalue weighted by Crippen LogP contribution is -2.40. The average molecular weight is 504 g/mol. The van der Waals surface area contributed by atoms with E-state index in [2.05, 4.69) is 12.1 Å². The Hall–Kier alpha value is -3.45. The first-order valence-electron chi connectivity index (χ1n) is 12.2. The van der Waals surface area contributed by atoms with Crippen LogP contribution in [-0.4, -0.2) is 51.0 Å². The normalized spacial score (nSPS) is 17.2. The van der Waals surface area contributed by atoms with Gasteiger partial charge < -0.3 is 9.64 Å². The van der Waals surface area contributed by atoms with E-state index in [1.807, 2.05) is 35.2 Å². The van der Waals surface area contributed by atoms with Crippen LogP contribution in [0.4, 0.5) is 0 Å². The van der Waals surface area contributed by atoms with Crippen LogP contribution in [0.2, 0.25) is 0 Å². The van der Waals surface area contributed by atoms with Crippen LogP contribution in [0.15, 0.2) is 77.7 Å². The zero-order valence-corrected chi connectivity index (χ0v) is 21.0. The van der Waals surface area contributed by atoms with E-state index in [-0.39, 0.29) is 24.2 Å². The fourth-order valence-corrected chi connectivity index (χ4v) is 5.98. The number of rotatable bonds is 5. The summed E-state index contributed by atoms with van der Waals surface area (Å²) in [6, 6.07) is 22.8. The van der Waals surface area contributed by atoms with Gasteiger partial charge in [-0.05, 0) is 60.2 Å². The Morgan fingerprint density at radius 1 is 0.944 bits per heavy atom. The summed E-state index contributed by atoms with van der Waals surface area (Å²) in [4.78, 5) is 27.2. The minimum Gasteiger partial charge on any atom is -0.486 e. The van der Waals surface area contributed by atoms with Gasteiger partial charge >= 0.3 is 0 Å². The van der Waals surface area contributed by atoms with E-state index in [0.29, 0.717) is 41.6 Å². The molecule has 1 fully saturated rings. The van der Waals surface area contributed by atoms with Gasteiger partial charge in [-0.15, -0.1) is 0 Å². The van der Waals surface area contributed by atoms with Crippen molar-refractivity contribution in [2.75, 3.05) is 26.0 Å². The van der Waals surface area contributed by atoms with Crippen LogP contribution in [0, 0.1) is 5.92 Å². The van der Waals surface area contributed by atoms with Gasteiger partial charge in [0.2, 0.25) is 0 Å². The minimum absolute atomic E-state index is 0.0180. The Balaban J connectivity index is 1.33. The molecule has 2 aliphatic heterocycles. The van der Waals surface area contributed by atoms with Crippen molar-refractivity contribution in [2.24, 2.45) is 5.92 Å². The topological polar surface area (TPSA) is 80.8 Å². The number of Topliss-reactive ketones (excluding diaryl/α,β-unsaturated/α-hetero) is 1. The molecule has 1 amide bonds. The second-order valence-electron chi connectivity index (χ2n) is 9.69. The van der Waals surface area contributed by atoms with Crippen molar-refractivity contribution in [2.45, 2.75) is 30.1 Å². The average Bonchev–Trinajstić information content (AvgIpc) is 2.89. The number of fused-ring (bicyclic) bond motifs is 1. The van der Waals surface area contributed by atoms with Gasteiger partial charge in [0.25, 0.3) is 5.91 Å². The minimum atomic E-state index is -3.26. The van der Waals surface area contributed by atoms with Crippen LogP contribution in [0.25, 0.3) is 0 Å². The molecule has 3 aromatic rings. The second-order valence-corrected chi connectivity index (χ2v) is 11.7. The number of hydrogen-bond acceptors (Lipinski definition) is 5. The Morgan fingerprint density at radius 2 is 1.61 bits per heavy atom. The van der Waals surface area contributed by atoms with E-state index >= 15 is 0 Å². The van der Waals surface area contributed by atoms with Crippen molar-refractivity contribution in [3.05, 3.63) is 95.1 Å². The number of benzene rings is 3. The Bertz CT molecular complexity index is 1370. The van der Waals surface area contributed by atoms with Gasteiger partial charge in [0.05, 0.1) is 4.90 Å². The molecule has 0 radical (unpaired) electrons. The first-order valence-corrected chi connectivity index (χ1v) is 14.1. The van der Waals surface area contributed by atoms with Gasteiger partial charge in [0, 0.05) is 42.8 Å². The third-order valence-electron chi connectivity index (χ3n) is 7.21. The molecule has 0 bridgehead atoms. The fraction of sp³-hybridized carbons (Fsp3) is 0.310. The molecule has 1 atom stereocenters. The highest BCUT2D eigenvalue weighted by Crippen LogP contribution is 2.38. The van der Waals surface area contributed by atoms with E-state index in [4.69, 9.17) is 4.74 Å². The Labute approximate surface area is 211 Å². The number of likely N-dealkylation sites (tertiary alicyclic amines) is 1. The van der Waals surface area contributed by atoms with Gasteiger partial charge in [0.1, 0.15) is 12.4 Å². The molecule has 5 rings (SSSR count). The number of ether oxygens (including phenoxy) is 1. The van der Waals surface area contributed by atoms with Crippen molar-refractivity contribution >= 4 is 21.5 Å². The zero-order valence-electron chi connectivity index (χ0n) is 20.2. The summed E-state index contributed by atoms with van der Waals surface area (Å²) in [5, 5.41) is 0. The molecule has 0 unspecified atom stereocenters. The van der Waals surface area contributed by atoms with E-state index in [1.165, 1.54) is 11.8 Å². The number of nitrogens with zero attached hydrogens (tertiary/aromatic N) is 1. The number of carbonyl (C=O) groups excluding carboxylic acids is 2. The van der Waals surface area contributed by atoms with Crippen LogP contribution in [-0.2, 0) is 21.1 Å². The lowest BCUT2D eigenvalue weighted by Gasteiger charge is -2.37. The van der Waals surface area contributed by atoms with Gasteiger partial charge in [-0.1, -0.05) is 42.5 Å². The second kappa shape index (κ2) is 9.90. The molecule has 7 heteroatoms. The molecule has 0 N–H and O–H groups in total. The molecule has 1 saturated heterocycles. The molecule has 2 heterocycles. The SMILES string of the molecule is CS(=O)(=O)c1ccc([C@H](c2ccccc2)C2CCN(C(=O)c3ccc4c(c3)CC(=O)CO4)CC2)cc1. The van der Waals surface area contributed by atoms with Gasteiger partial charge in [-0.25, -0.2) is 8.42 Å². The number of piperidine rings is 1.